The summed E-state index contributed by atoms with van der Waals surface area (Å²) in [5, 5.41) is 3.49. The molecule has 0 bridgehead atoms. The Morgan fingerprint density at radius 3 is 2.37 bits per heavy atom. The molecule has 0 aliphatic heterocycles. The van der Waals surface area contributed by atoms with Gasteiger partial charge in [0.2, 0.25) is 5.91 Å². The Bertz CT molecular complexity index is 333. The minimum atomic E-state index is -0.584. The molecule has 4 heteroatoms. The Hall–Kier alpha value is -0.610. The molecule has 1 unspecified atom stereocenters. The van der Waals surface area contributed by atoms with Gasteiger partial charge in [0.1, 0.15) is 5.54 Å². The molecule has 0 spiro atoms. The Balaban J connectivity index is 1.55. The predicted molar refractivity (Wildman–Crippen MR) is 73.6 cm³/mol. The second-order valence-electron chi connectivity index (χ2n) is 6.69. The van der Waals surface area contributed by atoms with Crippen molar-refractivity contribution in [3.8, 4) is 0 Å². The van der Waals surface area contributed by atoms with Gasteiger partial charge in [-0.2, -0.15) is 0 Å². The van der Waals surface area contributed by atoms with Crippen molar-refractivity contribution < 1.29 is 9.53 Å². The van der Waals surface area contributed by atoms with Crippen LogP contribution in [0.1, 0.15) is 51.4 Å². The van der Waals surface area contributed by atoms with Crippen molar-refractivity contribution >= 4 is 5.91 Å². The van der Waals surface area contributed by atoms with Gasteiger partial charge < -0.3 is 10.5 Å². The highest BCUT2D eigenvalue weighted by atomic mass is 16.5. The average Bonchev–Trinajstić information content (AvgIpc) is 3.29. The first kappa shape index (κ1) is 13.4. The van der Waals surface area contributed by atoms with Crippen molar-refractivity contribution in [2.45, 2.75) is 62.9 Å². The number of amides is 1. The monoisotopic (exact) mass is 266 g/mol. The zero-order valence-corrected chi connectivity index (χ0v) is 11.7. The summed E-state index contributed by atoms with van der Waals surface area (Å²) in [7, 11) is 0. The third kappa shape index (κ3) is 3.11. The number of nitrogens with one attached hydrogen (secondary N) is 1. The number of nitrogens with two attached hydrogens (primary N) is 1. The van der Waals surface area contributed by atoms with Gasteiger partial charge in [0.15, 0.2) is 0 Å². The number of rotatable bonds is 8. The van der Waals surface area contributed by atoms with Gasteiger partial charge in [-0.3, -0.25) is 10.1 Å². The molecule has 4 nitrogen and oxygen atoms in total. The van der Waals surface area contributed by atoms with Crippen LogP contribution < -0.4 is 11.1 Å². The lowest BCUT2D eigenvalue weighted by atomic mass is 9.93. The molecule has 1 atom stereocenters. The van der Waals surface area contributed by atoms with Crippen LogP contribution in [-0.4, -0.2) is 30.7 Å². The molecule has 3 saturated carbocycles. The van der Waals surface area contributed by atoms with Crippen molar-refractivity contribution in [1.29, 1.82) is 0 Å². The van der Waals surface area contributed by atoms with Gasteiger partial charge in [0.25, 0.3) is 0 Å². The van der Waals surface area contributed by atoms with E-state index in [1.807, 2.05) is 0 Å². The Morgan fingerprint density at radius 2 is 1.84 bits per heavy atom. The molecule has 3 N–H and O–H groups in total. The number of hydrogen-bond donors (Lipinski definition) is 2. The van der Waals surface area contributed by atoms with E-state index in [-0.39, 0.29) is 5.91 Å². The van der Waals surface area contributed by atoms with Crippen molar-refractivity contribution in [2.75, 3.05) is 13.2 Å². The van der Waals surface area contributed by atoms with E-state index in [1.54, 1.807) is 0 Å². The zero-order valence-electron chi connectivity index (χ0n) is 11.7. The lowest BCUT2D eigenvalue weighted by Gasteiger charge is -2.32. The molecule has 108 valence electrons. The van der Waals surface area contributed by atoms with Crippen LogP contribution in [0.15, 0.2) is 0 Å². The van der Waals surface area contributed by atoms with E-state index in [9.17, 15) is 4.79 Å². The maximum atomic E-state index is 12.0. The normalized spacial score (nSPS) is 27.4. The van der Waals surface area contributed by atoms with E-state index in [0.29, 0.717) is 24.5 Å². The van der Waals surface area contributed by atoms with Crippen molar-refractivity contribution in [1.82, 2.24) is 5.32 Å². The first-order valence-electron chi connectivity index (χ1n) is 7.86. The minimum absolute atomic E-state index is 0.215. The van der Waals surface area contributed by atoms with Gasteiger partial charge in [-0.15, -0.1) is 0 Å². The number of ether oxygens (including phenoxy) is 1. The quantitative estimate of drug-likeness (QED) is 0.701. The first-order valence-corrected chi connectivity index (χ1v) is 7.86. The molecule has 0 aromatic carbocycles. The second kappa shape index (κ2) is 5.41. The molecule has 19 heavy (non-hydrogen) atoms. The smallest absolute Gasteiger partial charge is 0.240 e. The van der Waals surface area contributed by atoms with Crippen LogP contribution in [0.25, 0.3) is 0 Å². The number of carbonyl (C=O) groups excluding carboxylic acids is 1. The molecule has 0 radical (unpaired) electrons. The Labute approximate surface area is 115 Å². The molecular weight excluding hydrogens is 240 g/mol. The summed E-state index contributed by atoms with van der Waals surface area (Å²) in [6.45, 7) is 1.27. The van der Waals surface area contributed by atoms with Crippen LogP contribution in [0.4, 0.5) is 0 Å². The summed E-state index contributed by atoms with van der Waals surface area (Å²) in [6.07, 6.45) is 9.78. The number of carbonyl (C=O) groups is 1. The van der Waals surface area contributed by atoms with E-state index >= 15 is 0 Å². The van der Waals surface area contributed by atoms with Gasteiger partial charge in [-0.1, -0.05) is 12.8 Å². The van der Waals surface area contributed by atoms with E-state index in [1.165, 1.54) is 38.5 Å². The number of hydrogen-bond acceptors (Lipinski definition) is 3. The Morgan fingerprint density at radius 1 is 1.16 bits per heavy atom. The zero-order chi connectivity index (χ0) is 13.3. The fourth-order valence-electron chi connectivity index (χ4n) is 3.35. The highest BCUT2D eigenvalue weighted by molar-refractivity contribution is 5.86. The number of primary amides is 1. The van der Waals surface area contributed by atoms with E-state index in [0.717, 1.165) is 19.4 Å². The summed E-state index contributed by atoms with van der Waals surface area (Å²) < 4.78 is 5.91. The molecule has 0 aromatic heterocycles. The third-order valence-corrected chi connectivity index (χ3v) is 4.91. The molecule has 1 amide bonds. The van der Waals surface area contributed by atoms with Crippen LogP contribution in [-0.2, 0) is 9.53 Å². The van der Waals surface area contributed by atoms with Crippen LogP contribution in [0.3, 0.4) is 0 Å². The highest BCUT2D eigenvalue weighted by Crippen LogP contribution is 2.42. The summed E-state index contributed by atoms with van der Waals surface area (Å²) in [5.41, 5.74) is 5.12. The Kier molecular flexibility index (Phi) is 3.81. The standard InChI is InChI=1S/C15H26N2O2/c16-14(18)15(12-5-6-12,17-13-7-8-13)10-19-9-11-3-1-2-4-11/h11-13,17H,1-10H2,(H2,16,18). The fraction of sp³-hybridized carbons (Fsp3) is 0.933. The molecule has 0 heterocycles. The second-order valence-corrected chi connectivity index (χ2v) is 6.69. The van der Waals surface area contributed by atoms with Crippen LogP contribution >= 0.6 is 0 Å². The van der Waals surface area contributed by atoms with Gasteiger partial charge >= 0.3 is 0 Å². The van der Waals surface area contributed by atoms with Gasteiger partial charge in [0, 0.05) is 12.6 Å². The van der Waals surface area contributed by atoms with Crippen molar-refractivity contribution in [3.05, 3.63) is 0 Å². The van der Waals surface area contributed by atoms with Crippen molar-refractivity contribution in [2.24, 2.45) is 17.6 Å². The molecule has 0 aromatic rings. The summed E-state index contributed by atoms with van der Waals surface area (Å²) in [5.74, 6) is 0.883. The molecule has 3 rings (SSSR count). The lowest BCUT2D eigenvalue weighted by Crippen LogP contribution is -2.61. The van der Waals surface area contributed by atoms with Crippen LogP contribution in [0.2, 0.25) is 0 Å². The van der Waals surface area contributed by atoms with Gasteiger partial charge in [0.05, 0.1) is 6.61 Å². The van der Waals surface area contributed by atoms with Gasteiger partial charge in [-0.05, 0) is 50.4 Å². The van der Waals surface area contributed by atoms with E-state index in [2.05, 4.69) is 5.32 Å². The topological polar surface area (TPSA) is 64.4 Å². The van der Waals surface area contributed by atoms with E-state index in [4.69, 9.17) is 10.5 Å². The summed E-state index contributed by atoms with van der Waals surface area (Å²) in [4.78, 5) is 12.0. The van der Waals surface area contributed by atoms with Gasteiger partial charge in [-0.25, -0.2) is 0 Å². The fourth-order valence-corrected chi connectivity index (χ4v) is 3.35. The third-order valence-electron chi connectivity index (χ3n) is 4.91. The first-order chi connectivity index (χ1) is 9.21. The highest BCUT2D eigenvalue weighted by Gasteiger charge is 2.52. The predicted octanol–water partition coefficient (Wildman–Crippen LogP) is 1.58. The summed E-state index contributed by atoms with van der Waals surface area (Å²) in [6, 6.07) is 0.489. The maximum absolute atomic E-state index is 12.0. The van der Waals surface area contributed by atoms with E-state index < -0.39 is 5.54 Å². The molecule has 3 aliphatic carbocycles. The molecule has 0 saturated heterocycles. The molecule has 3 aliphatic rings. The molecule has 3 fully saturated rings. The van der Waals surface area contributed by atoms with Crippen LogP contribution in [0, 0.1) is 11.8 Å². The van der Waals surface area contributed by atoms with Crippen LogP contribution in [0.5, 0.6) is 0 Å². The average molecular weight is 266 g/mol. The lowest BCUT2D eigenvalue weighted by molar-refractivity contribution is -0.128. The SMILES string of the molecule is NC(=O)C(COCC1CCCC1)(NC1CC1)C1CC1. The summed E-state index contributed by atoms with van der Waals surface area (Å²) >= 11 is 0. The largest absolute Gasteiger partial charge is 0.379 e. The van der Waals surface area contributed by atoms with Crippen molar-refractivity contribution in [3.63, 3.8) is 0 Å². The molecular formula is C15H26N2O2. The maximum Gasteiger partial charge on any atom is 0.240 e. The minimum Gasteiger partial charge on any atom is -0.379 e.